The molecule has 1 saturated heterocycles. The Bertz CT molecular complexity index is 807. The van der Waals surface area contributed by atoms with Gasteiger partial charge in [-0.1, -0.05) is 47.5 Å². The molecule has 132 valence electrons. The van der Waals surface area contributed by atoms with E-state index in [1.165, 1.54) is 0 Å². The number of aryl methyl sites for hydroxylation is 1. The number of aromatic nitrogens is 4. The molecule has 0 spiro atoms. The standard InChI is InChI=1S/C16H19BrN6O2/c1-3-4-9-23-13(19-20-21-23)10-22-14(24)16(2,18-15(22)25)11-7-5-6-8-12(11)17/h5-8H,3-4,9-10H2,1-2H3,(H,18,25). The molecule has 1 aliphatic rings. The third-order valence-corrected chi connectivity index (χ3v) is 5.01. The first kappa shape index (κ1) is 17.5. The van der Waals surface area contributed by atoms with Gasteiger partial charge in [0.1, 0.15) is 5.54 Å². The van der Waals surface area contributed by atoms with Gasteiger partial charge in [-0.3, -0.25) is 9.69 Å². The lowest BCUT2D eigenvalue weighted by atomic mass is 9.92. The summed E-state index contributed by atoms with van der Waals surface area (Å²) in [6.07, 6.45) is 1.93. The Morgan fingerprint density at radius 3 is 2.76 bits per heavy atom. The van der Waals surface area contributed by atoms with E-state index in [-0.39, 0.29) is 12.5 Å². The van der Waals surface area contributed by atoms with Gasteiger partial charge in [0, 0.05) is 16.6 Å². The Kier molecular flexibility index (Phi) is 4.85. The molecule has 3 amide bonds. The van der Waals surface area contributed by atoms with Gasteiger partial charge in [-0.25, -0.2) is 9.48 Å². The summed E-state index contributed by atoms with van der Waals surface area (Å²) in [6, 6.07) is 6.90. The highest BCUT2D eigenvalue weighted by atomic mass is 79.9. The summed E-state index contributed by atoms with van der Waals surface area (Å²) in [5.41, 5.74) is -0.416. The average Bonchev–Trinajstić information content (AvgIpc) is 3.12. The van der Waals surface area contributed by atoms with Crippen LogP contribution < -0.4 is 5.32 Å². The van der Waals surface area contributed by atoms with Crippen LogP contribution in [0.25, 0.3) is 0 Å². The number of amides is 3. The molecule has 0 radical (unpaired) electrons. The summed E-state index contributed by atoms with van der Waals surface area (Å²) in [7, 11) is 0. The van der Waals surface area contributed by atoms with Crippen LogP contribution in [0.1, 0.15) is 38.1 Å². The van der Waals surface area contributed by atoms with Gasteiger partial charge in [0.2, 0.25) is 0 Å². The third kappa shape index (κ3) is 3.15. The number of urea groups is 1. The van der Waals surface area contributed by atoms with Gasteiger partial charge in [0.15, 0.2) is 5.82 Å². The van der Waals surface area contributed by atoms with E-state index < -0.39 is 11.6 Å². The van der Waals surface area contributed by atoms with Crippen molar-refractivity contribution in [3.05, 3.63) is 40.1 Å². The fourth-order valence-corrected chi connectivity index (χ4v) is 3.53. The molecular weight excluding hydrogens is 388 g/mol. The second kappa shape index (κ2) is 6.91. The Balaban J connectivity index is 1.85. The zero-order chi connectivity index (χ0) is 18.0. The molecule has 1 atom stereocenters. The fourth-order valence-electron chi connectivity index (χ4n) is 2.85. The number of benzene rings is 1. The largest absolute Gasteiger partial charge is 0.325 e. The van der Waals surface area contributed by atoms with Crippen molar-refractivity contribution in [1.82, 2.24) is 30.4 Å². The number of hydrogen-bond acceptors (Lipinski definition) is 5. The second-order valence-electron chi connectivity index (χ2n) is 6.10. The average molecular weight is 407 g/mol. The number of hydrogen-bond donors (Lipinski definition) is 1. The zero-order valence-corrected chi connectivity index (χ0v) is 15.7. The number of nitrogens with zero attached hydrogens (tertiary/aromatic N) is 5. The van der Waals surface area contributed by atoms with E-state index in [1.807, 2.05) is 24.3 Å². The van der Waals surface area contributed by atoms with Crippen LogP contribution in [0.4, 0.5) is 4.79 Å². The molecule has 9 heteroatoms. The first-order valence-electron chi connectivity index (χ1n) is 8.11. The van der Waals surface area contributed by atoms with Gasteiger partial charge in [-0.2, -0.15) is 0 Å². The topological polar surface area (TPSA) is 93.0 Å². The summed E-state index contributed by atoms with van der Waals surface area (Å²) >= 11 is 3.45. The summed E-state index contributed by atoms with van der Waals surface area (Å²) in [5.74, 6) is 0.169. The summed E-state index contributed by atoms with van der Waals surface area (Å²) in [5, 5.41) is 14.3. The molecule has 3 rings (SSSR count). The zero-order valence-electron chi connectivity index (χ0n) is 14.1. The minimum Gasteiger partial charge on any atom is -0.319 e. The summed E-state index contributed by atoms with van der Waals surface area (Å²) in [6.45, 7) is 4.48. The van der Waals surface area contributed by atoms with Crippen LogP contribution >= 0.6 is 15.9 Å². The van der Waals surface area contributed by atoms with Crippen LogP contribution in [0.5, 0.6) is 0 Å². The minimum atomic E-state index is -1.13. The van der Waals surface area contributed by atoms with E-state index in [2.05, 4.69) is 43.7 Å². The minimum absolute atomic E-state index is 0.0431. The molecule has 1 N–H and O–H groups in total. The van der Waals surface area contributed by atoms with Crippen LogP contribution in [-0.2, 0) is 23.4 Å². The third-order valence-electron chi connectivity index (χ3n) is 4.32. The molecule has 2 heterocycles. The van der Waals surface area contributed by atoms with Gasteiger partial charge in [0.25, 0.3) is 5.91 Å². The van der Waals surface area contributed by atoms with Crippen LogP contribution in [0.3, 0.4) is 0 Å². The Labute approximate surface area is 153 Å². The molecule has 1 aromatic heterocycles. The lowest BCUT2D eigenvalue weighted by molar-refractivity contribution is -0.131. The number of unbranched alkanes of at least 4 members (excludes halogenated alkanes) is 1. The van der Waals surface area contributed by atoms with Crippen molar-refractivity contribution in [1.29, 1.82) is 0 Å². The summed E-state index contributed by atoms with van der Waals surface area (Å²) in [4.78, 5) is 26.6. The van der Waals surface area contributed by atoms with Crippen molar-refractivity contribution < 1.29 is 9.59 Å². The molecular formula is C16H19BrN6O2. The van der Waals surface area contributed by atoms with Crippen LogP contribution in [0.2, 0.25) is 0 Å². The Morgan fingerprint density at radius 2 is 2.04 bits per heavy atom. The van der Waals surface area contributed by atoms with Gasteiger partial charge >= 0.3 is 6.03 Å². The number of carbonyl (C=O) groups is 2. The normalized spacial score (nSPS) is 20.2. The molecule has 0 bridgehead atoms. The van der Waals surface area contributed by atoms with E-state index in [0.29, 0.717) is 17.9 Å². The number of tetrazole rings is 1. The van der Waals surface area contributed by atoms with Gasteiger partial charge in [0.05, 0.1) is 6.54 Å². The SMILES string of the molecule is CCCCn1nnnc1CN1C(=O)NC(C)(c2ccccc2Br)C1=O. The number of nitrogens with one attached hydrogen (secondary N) is 1. The molecule has 1 unspecified atom stereocenters. The van der Waals surface area contributed by atoms with Crippen LogP contribution in [0.15, 0.2) is 28.7 Å². The number of halogens is 1. The van der Waals surface area contributed by atoms with E-state index in [4.69, 9.17) is 0 Å². The predicted octanol–water partition coefficient (Wildman–Crippen LogP) is 2.20. The summed E-state index contributed by atoms with van der Waals surface area (Å²) < 4.78 is 2.40. The molecule has 25 heavy (non-hydrogen) atoms. The molecule has 8 nitrogen and oxygen atoms in total. The van der Waals surface area contributed by atoms with Crippen molar-refractivity contribution in [2.24, 2.45) is 0 Å². The second-order valence-corrected chi connectivity index (χ2v) is 6.95. The van der Waals surface area contributed by atoms with Crippen molar-refractivity contribution >= 4 is 27.9 Å². The molecule has 2 aromatic rings. The maximum Gasteiger partial charge on any atom is 0.325 e. The van der Waals surface area contributed by atoms with Gasteiger partial charge in [-0.05, 0) is 29.8 Å². The molecule has 1 fully saturated rings. The smallest absolute Gasteiger partial charge is 0.319 e. The molecule has 0 aliphatic carbocycles. The number of carbonyl (C=O) groups excluding carboxylic acids is 2. The van der Waals surface area contributed by atoms with Crippen LogP contribution in [-0.4, -0.2) is 37.0 Å². The fraction of sp³-hybridized carbons (Fsp3) is 0.438. The predicted molar refractivity (Wildman–Crippen MR) is 93.3 cm³/mol. The quantitative estimate of drug-likeness (QED) is 0.742. The first-order chi connectivity index (χ1) is 12.0. The number of imide groups is 1. The maximum atomic E-state index is 13.0. The lowest BCUT2D eigenvalue weighted by Crippen LogP contribution is -2.41. The molecule has 1 aliphatic heterocycles. The van der Waals surface area contributed by atoms with E-state index in [1.54, 1.807) is 11.6 Å². The highest BCUT2D eigenvalue weighted by Gasteiger charge is 2.50. The van der Waals surface area contributed by atoms with Gasteiger partial charge in [-0.15, -0.1) is 5.10 Å². The van der Waals surface area contributed by atoms with E-state index in [0.717, 1.165) is 22.2 Å². The first-order valence-corrected chi connectivity index (χ1v) is 8.91. The Hall–Kier alpha value is -2.29. The van der Waals surface area contributed by atoms with Crippen molar-refractivity contribution in [3.63, 3.8) is 0 Å². The van der Waals surface area contributed by atoms with Crippen molar-refractivity contribution in [3.8, 4) is 0 Å². The van der Waals surface area contributed by atoms with E-state index >= 15 is 0 Å². The Morgan fingerprint density at radius 1 is 1.28 bits per heavy atom. The maximum absolute atomic E-state index is 13.0. The van der Waals surface area contributed by atoms with Crippen molar-refractivity contribution in [2.75, 3.05) is 0 Å². The van der Waals surface area contributed by atoms with Gasteiger partial charge < -0.3 is 5.32 Å². The van der Waals surface area contributed by atoms with Crippen LogP contribution in [0, 0.1) is 0 Å². The van der Waals surface area contributed by atoms with Crippen molar-refractivity contribution in [2.45, 2.75) is 45.3 Å². The monoisotopic (exact) mass is 406 g/mol. The highest BCUT2D eigenvalue weighted by molar-refractivity contribution is 9.10. The van der Waals surface area contributed by atoms with E-state index in [9.17, 15) is 9.59 Å². The molecule has 0 saturated carbocycles. The highest BCUT2D eigenvalue weighted by Crippen LogP contribution is 2.34. The number of rotatable bonds is 6. The molecule has 1 aromatic carbocycles. The lowest BCUT2D eigenvalue weighted by Gasteiger charge is -2.23.